The lowest BCUT2D eigenvalue weighted by Gasteiger charge is -2.27. The molecule has 0 spiro atoms. The highest BCUT2D eigenvalue weighted by molar-refractivity contribution is 6.36. The summed E-state index contributed by atoms with van der Waals surface area (Å²) in [5.41, 5.74) is 3.59. The number of ether oxygens (including phenoxy) is 1. The molecule has 226 valence electrons. The number of nitrogens with one attached hydrogen (secondary N) is 2. The lowest BCUT2D eigenvalue weighted by atomic mass is 9.87. The monoisotopic (exact) mass is 613 g/mol. The maximum atomic E-state index is 13.4. The van der Waals surface area contributed by atoms with Crippen molar-refractivity contribution in [1.82, 2.24) is 25.1 Å². The number of amides is 3. The topological polar surface area (TPSA) is 88.5 Å². The highest BCUT2D eigenvalue weighted by atomic mass is 35.5. The molecule has 3 amide bonds. The Balaban J connectivity index is 1.37. The number of likely N-dealkylation sites (tertiary alicyclic amines) is 1. The van der Waals surface area contributed by atoms with E-state index in [1.165, 1.54) is 0 Å². The first-order chi connectivity index (χ1) is 20.2. The van der Waals surface area contributed by atoms with Gasteiger partial charge in [-0.2, -0.15) is 0 Å². The summed E-state index contributed by atoms with van der Waals surface area (Å²) in [6.07, 6.45) is 6.68. The Morgan fingerprint density at radius 2 is 1.86 bits per heavy atom. The maximum Gasteiger partial charge on any atom is 0.317 e. The molecule has 8 nitrogen and oxygen atoms in total. The number of fused-ring (bicyclic) bond motifs is 1. The minimum atomic E-state index is -0.128. The smallest absolute Gasteiger partial charge is 0.317 e. The van der Waals surface area contributed by atoms with Gasteiger partial charge in [-0.15, -0.1) is 0 Å². The van der Waals surface area contributed by atoms with Gasteiger partial charge in [0.05, 0.1) is 28.2 Å². The van der Waals surface area contributed by atoms with Crippen LogP contribution >= 0.6 is 23.2 Å². The van der Waals surface area contributed by atoms with E-state index in [9.17, 15) is 9.59 Å². The minimum absolute atomic E-state index is 0.0779. The molecule has 1 aromatic heterocycles. The fraction of sp³-hybridized carbons (Fsp3) is 0.531. The molecular formula is C32H41Cl2N5O3. The van der Waals surface area contributed by atoms with Gasteiger partial charge in [0.2, 0.25) is 0 Å². The molecular weight excluding hydrogens is 573 g/mol. The van der Waals surface area contributed by atoms with Gasteiger partial charge in [-0.05, 0) is 81.5 Å². The number of aryl methyl sites for hydroxylation is 1. The van der Waals surface area contributed by atoms with E-state index in [0.29, 0.717) is 52.4 Å². The van der Waals surface area contributed by atoms with Gasteiger partial charge in [-0.1, -0.05) is 36.2 Å². The Labute approximate surface area is 258 Å². The van der Waals surface area contributed by atoms with Crippen molar-refractivity contribution in [2.75, 3.05) is 13.2 Å². The van der Waals surface area contributed by atoms with E-state index in [1.807, 2.05) is 47.7 Å². The molecule has 42 heavy (non-hydrogen) atoms. The molecule has 2 heterocycles. The van der Waals surface area contributed by atoms with Gasteiger partial charge in [0.15, 0.2) is 0 Å². The van der Waals surface area contributed by atoms with Crippen LogP contribution in [0, 0.1) is 5.92 Å². The number of carbonyl (C=O) groups excluding carboxylic acids is 2. The number of nitrogens with zero attached hydrogens (tertiary/aromatic N) is 3. The van der Waals surface area contributed by atoms with Crippen LogP contribution in [-0.4, -0.2) is 51.6 Å². The number of halogens is 2. The zero-order valence-electron chi connectivity index (χ0n) is 24.9. The summed E-state index contributed by atoms with van der Waals surface area (Å²) in [6, 6.07) is 7.71. The predicted molar refractivity (Wildman–Crippen MR) is 168 cm³/mol. The van der Waals surface area contributed by atoms with Crippen molar-refractivity contribution in [1.29, 1.82) is 0 Å². The number of imidazole rings is 1. The van der Waals surface area contributed by atoms with Crippen LogP contribution in [0.3, 0.4) is 0 Å². The average Bonchev–Trinajstić information content (AvgIpc) is 3.53. The Kier molecular flexibility index (Phi) is 9.53. The summed E-state index contributed by atoms with van der Waals surface area (Å²) in [4.78, 5) is 32.8. The van der Waals surface area contributed by atoms with E-state index in [0.717, 1.165) is 67.5 Å². The van der Waals surface area contributed by atoms with Gasteiger partial charge >= 0.3 is 6.03 Å². The average molecular weight is 615 g/mol. The number of benzene rings is 2. The van der Waals surface area contributed by atoms with Crippen LogP contribution < -0.4 is 15.4 Å². The van der Waals surface area contributed by atoms with Gasteiger partial charge in [0, 0.05) is 49.7 Å². The molecule has 2 fully saturated rings. The molecule has 3 aromatic rings. The van der Waals surface area contributed by atoms with Crippen molar-refractivity contribution in [3.63, 3.8) is 0 Å². The number of hydrogen-bond acceptors (Lipinski definition) is 4. The second kappa shape index (κ2) is 13.1. The van der Waals surface area contributed by atoms with Gasteiger partial charge in [-0.25, -0.2) is 9.78 Å². The first kappa shape index (κ1) is 30.5. The molecule has 1 aliphatic carbocycles. The van der Waals surface area contributed by atoms with Crippen molar-refractivity contribution in [2.45, 2.75) is 84.3 Å². The van der Waals surface area contributed by atoms with Crippen molar-refractivity contribution >= 4 is 46.2 Å². The van der Waals surface area contributed by atoms with E-state index < -0.39 is 0 Å². The van der Waals surface area contributed by atoms with Crippen molar-refractivity contribution in [3.8, 4) is 5.75 Å². The third-order valence-electron chi connectivity index (χ3n) is 8.82. The van der Waals surface area contributed by atoms with Gasteiger partial charge in [-0.3, -0.25) is 4.79 Å². The summed E-state index contributed by atoms with van der Waals surface area (Å²) < 4.78 is 7.90. The number of rotatable bonds is 8. The largest absolute Gasteiger partial charge is 0.493 e. The van der Waals surface area contributed by atoms with Crippen LogP contribution in [-0.2, 0) is 20.0 Å². The number of aromatic nitrogens is 2. The summed E-state index contributed by atoms with van der Waals surface area (Å²) in [5.74, 6) is 1.88. The molecule has 5 rings (SSSR count). The van der Waals surface area contributed by atoms with E-state index >= 15 is 0 Å². The van der Waals surface area contributed by atoms with Crippen LogP contribution in [0.4, 0.5) is 4.79 Å². The molecule has 10 heteroatoms. The number of hydrogen-bond donors (Lipinski definition) is 2. The van der Waals surface area contributed by atoms with Crippen molar-refractivity contribution in [2.24, 2.45) is 13.0 Å². The lowest BCUT2D eigenvalue weighted by Crippen LogP contribution is -2.41. The van der Waals surface area contributed by atoms with Gasteiger partial charge in [0.25, 0.3) is 5.91 Å². The molecule has 2 N–H and O–H groups in total. The number of urea groups is 1. The molecule has 1 unspecified atom stereocenters. The van der Waals surface area contributed by atoms with Gasteiger partial charge < -0.3 is 24.8 Å². The van der Waals surface area contributed by atoms with Crippen LogP contribution in [0.1, 0.15) is 86.6 Å². The Bertz CT molecular complexity index is 1460. The maximum absolute atomic E-state index is 13.4. The standard InChI is InChI=1S/C32H41Cl2N5O3/c1-5-42-28-17-27-26(15-24(28)31(40)36-22-11-8-19(2)9-12-22)37-29(38(27)4)16-23-25(33)13-10-21(30(23)34)18-35-32(41)39-14-6-7-20(39)3/h10,13,15,17,19-20,22H,5-9,11-12,14,16,18H2,1-4H3,(H,35,41)(H,36,40). The van der Waals surface area contributed by atoms with Crippen LogP contribution in [0.25, 0.3) is 11.0 Å². The zero-order chi connectivity index (χ0) is 30.0. The first-order valence-corrected chi connectivity index (χ1v) is 15.8. The van der Waals surface area contributed by atoms with Crippen LogP contribution in [0.15, 0.2) is 24.3 Å². The van der Waals surface area contributed by atoms with E-state index in [-0.39, 0.29) is 24.0 Å². The Morgan fingerprint density at radius 3 is 2.55 bits per heavy atom. The first-order valence-electron chi connectivity index (χ1n) is 15.1. The molecule has 1 aliphatic heterocycles. The summed E-state index contributed by atoms with van der Waals surface area (Å²) in [7, 11) is 1.94. The molecule has 1 saturated carbocycles. The highest BCUT2D eigenvalue weighted by Gasteiger charge is 2.26. The normalized spacial score (nSPS) is 20.6. The molecule has 1 saturated heterocycles. The number of carbonyl (C=O) groups is 2. The molecule has 2 aromatic carbocycles. The van der Waals surface area contributed by atoms with E-state index in [1.54, 1.807) is 0 Å². The quantitative estimate of drug-likeness (QED) is 0.290. The molecule has 1 atom stereocenters. The summed E-state index contributed by atoms with van der Waals surface area (Å²) >= 11 is 13.5. The predicted octanol–water partition coefficient (Wildman–Crippen LogP) is 6.87. The fourth-order valence-electron chi connectivity index (χ4n) is 6.16. The fourth-order valence-corrected chi connectivity index (χ4v) is 6.73. The van der Waals surface area contributed by atoms with Crippen molar-refractivity contribution < 1.29 is 14.3 Å². The van der Waals surface area contributed by atoms with Crippen molar-refractivity contribution in [3.05, 3.63) is 56.8 Å². The Hall–Kier alpha value is -2.97. The SMILES string of the molecule is CCOc1cc2c(cc1C(=O)NC1CCC(C)CC1)nc(Cc1c(Cl)ccc(CNC(=O)N3CCCC3C)c1Cl)n2C. The summed E-state index contributed by atoms with van der Waals surface area (Å²) in [5, 5.41) is 7.28. The van der Waals surface area contributed by atoms with Gasteiger partial charge in [0.1, 0.15) is 11.6 Å². The Morgan fingerprint density at radius 1 is 1.10 bits per heavy atom. The second-order valence-electron chi connectivity index (χ2n) is 11.8. The highest BCUT2D eigenvalue weighted by Crippen LogP contribution is 2.33. The second-order valence-corrected chi connectivity index (χ2v) is 12.6. The lowest BCUT2D eigenvalue weighted by molar-refractivity contribution is 0.0919. The van der Waals surface area contributed by atoms with Crippen LogP contribution in [0.2, 0.25) is 10.0 Å². The molecule has 0 bridgehead atoms. The molecule has 2 aliphatic rings. The third kappa shape index (κ3) is 6.50. The summed E-state index contributed by atoms with van der Waals surface area (Å²) in [6.45, 7) is 7.77. The van der Waals surface area contributed by atoms with E-state index in [4.69, 9.17) is 32.9 Å². The minimum Gasteiger partial charge on any atom is -0.493 e. The van der Waals surface area contributed by atoms with Crippen LogP contribution in [0.5, 0.6) is 5.75 Å². The molecule has 0 radical (unpaired) electrons. The zero-order valence-corrected chi connectivity index (χ0v) is 26.4. The third-order valence-corrected chi connectivity index (χ3v) is 9.64. The van der Waals surface area contributed by atoms with E-state index in [2.05, 4.69) is 24.5 Å².